The lowest BCUT2D eigenvalue weighted by Gasteiger charge is -2.15. The van der Waals surface area contributed by atoms with Crippen LogP contribution in [0.4, 0.5) is 17.3 Å². The van der Waals surface area contributed by atoms with Gasteiger partial charge in [0.2, 0.25) is 0 Å². The molecule has 1 heterocycles. The SMILES string of the molecule is Cc1ccccc1Nc1nc2ccccc2nc1NS(=O)(=O)c1ccc(Br)cc1. The maximum absolute atomic E-state index is 12.9. The van der Waals surface area contributed by atoms with E-state index in [1.807, 2.05) is 49.4 Å². The van der Waals surface area contributed by atoms with Gasteiger partial charge in [-0.1, -0.05) is 46.3 Å². The van der Waals surface area contributed by atoms with Crippen molar-refractivity contribution < 1.29 is 8.42 Å². The number of anilines is 3. The molecule has 0 radical (unpaired) electrons. The van der Waals surface area contributed by atoms with Gasteiger partial charge in [-0.2, -0.15) is 0 Å². The van der Waals surface area contributed by atoms with Crippen molar-refractivity contribution in [3.8, 4) is 0 Å². The number of aromatic nitrogens is 2. The lowest BCUT2D eigenvalue weighted by atomic mass is 10.2. The van der Waals surface area contributed by atoms with E-state index < -0.39 is 10.0 Å². The first kappa shape index (κ1) is 19.4. The minimum Gasteiger partial charge on any atom is -0.337 e. The summed E-state index contributed by atoms with van der Waals surface area (Å²) in [6.45, 7) is 1.96. The minimum atomic E-state index is -3.84. The van der Waals surface area contributed by atoms with Crippen LogP contribution < -0.4 is 10.0 Å². The van der Waals surface area contributed by atoms with Crippen molar-refractivity contribution in [3.05, 3.63) is 82.8 Å². The molecule has 0 saturated carbocycles. The number of benzene rings is 3. The Kier molecular flexibility index (Phi) is 5.21. The predicted molar refractivity (Wildman–Crippen MR) is 119 cm³/mol. The van der Waals surface area contributed by atoms with Crippen LogP contribution in [0, 0.1) is 6.92 Å². The average molecular weight is 469 g/mol. The standard InChI is InChI=1S/C21H17BrN4O2S/c1-14-6-2-3-7-17(14)23-20-21(25-19-9-5-4-8-18(19)24-20)26-29(27,28)16-12-10-15(22)11-13-16/h2-13H,1H3,(H,23,24)(H,25,26). The van der Waals surface area contributed by atoms with Gasteiger partial charge in [0.1, 0.15) is 0 Å². The monoisotopic (exact) mass is 468 g/mol. The quantitative estimate of drug-likeness (QED) is 0.418. The third kappa shape index (κ3) is 4.23. The van der Waals surface area contributed by atoms with Crippen LogP contribution in [-0.2, 0) is 10.0 Å². The molecule has 6 nitrogen and oxygen atoms in total. The van der Waals surface area contributed by atoms with E-state index >= 15 is 0 Å². The Balaban J connectivity index is 1.79. The van der Waals surface area contributed by atoms with Crippen molar-refractivity contribution in [1.29, 1.82) is 0 Å². The number of fused-ring (bicyclic) bond motifs is 1. The molecule has 4 rings (SSSR count). The number of nitrogens with one attached hydrogen (secondary N) is 2. The van der Waals surface area contributed by atoms with Gasteiger partial charge in [-0.15, -0.1) is 0 Å². The molecule has 0 spiro atoms. The number of nitrogens with zero attached hydrogens (tertiary/aromatic N) is 2. The van der Waals surface area contributed by atoms with E-state index in [2.05, 4.69) is 35.9 Å². The second kappa shape index (κ2) is 7.81. The third-order valence-electron chi connectivity index (χ3n) is 4.32. The molecule has 0 unspecified atom stereocenters. The van der Waals surface area contributed by atoms with Crippen LogP contribution in [0.25, 0.3) is 11.0 Å². The van der Waals surface area contributed by atoms with Gasteiger partial charge in [0.05, 0.1) is 15.9 Å². The minimum absolute atomic E-state index is 0.134. The van der Waals surface area contributed by atoms with Gasteiger partial charge in [0, 0.05) is 10.2 Å². The number of hydrogen-bond acceptors (Lipinski definition) is 5. The fourth-order valence-electron chi connectivity index (χ4n) is 2.80. The number of hydrogen-bond donors (Lipinski definition) is 2. The summed E-state index contributed by atoms with van der Waals surface area (Å²) >= 11 is 3.31. The van der Waals surface area contributed by atoms with E-state index in [0.717, 1.165) is 15.7 Å². The summed E-state index contributed by atoms with van der Waals surface area (Å²) in [7, 11) is -3.84. The van der Waals surface area contributed by atoms with E-state index in [-0.39, 0.29) is 10.7 Å². The van der Waals surface area contributed by atoms with Crippen molar-refractivity contribution >= 4 is 54.3 Å². The molecule has 4 aromatic rings. The zero-order chi connectivity index (χ0) is 20.4. The first-order chi connectivity index (χ1) is 13.9. The van der Waals surface area contributed by atoms with Crippen LogP contribution in [0.2, 0.25) is 0 Å². The Morgan fingerprint density at radius 1 is 0.793 bits per heavy atom. The lowest BCUT2D eigenvalue weighted by Crippen LogP contribution is -2.16. The van der Waals surface area contributed by atoms with Crippen molar-refractivity contribution in [3.63, 3.8) is 0 Å². The van der Waals surface area contributed by atoms with Crippen LogP contribution in [-0.4, -0.2) is 18.4 Å². The number of aryl methyl sites for hydroxylation is 1. The fourth-order valence-corrected chi connectivity index (χ4v) is 4.07. The Hall–Kier alpha value is -2.97. The number of sulfonamides is 1. The van der Waals surface area contributed by atoms with Crippen LogP contribution in [0.15, 0.2) is 82.2 Å². The molecule has 0 bridgehead atoms. The van der Waals surface area contributed by atoms with Gasteiger partial charge in [-0.25, -0.2) is 18.4 Å². The van der Waals surface area contributed by atoms with E-state index in [4.69, 9.17) is 0 Å². The van der Waals surface area contributed by atoms with Gasteiger partial charge < -0.3 is 5.32 Å². The van der Waals surface area contributed by atoms with Crippen LogP contribution in [0.5, 0.6) is 0 Å². The smallest absolute Gasteiger partial charge is 0.263 e. The molecule has 0 atom stereocenters. The Morgan fingerprint density at radius 2 is 1.38 bits per heavy atom. The van der Waals surface area contributed by atoms with Crippen LogP contribution >= 0.6 is 15.9 Å². The van der Waals surface area contributed by atoms with Gasteiger partial charge in [0.15, 0.2) is 11.6 Å². The maximum atomic E-state index is 12.9. The molecule has 146 valence electrons. The summed E-state index contributed by atoms with van der Waals surface area (Å²) in [6, 6.07) is 21.4. The second-order valence-electron chi connectivity index (χ2n) is 6.41. The normalized spacial score (nSPS) is 11.4. The van der Waals surface area contributed by atoms with Crippen molar-refractivity contribution in [2.75, 3.05) is 10.0 Å². The van der Waals surface area contributed by atoms with Crippen molar-refractivity contribution in [2.45, 2.75) is 11.8 Å². The molecule has 0 amide bonds. The van der Waals surface area contributed by atoms with E-state index in [1.165, 1.54) is 12.1 Å². The molecule has 8 heteroatoms. The van der Waals surface area contributed by atoms with Gasteiger partial charge in [0.25, 0.3) is 10.0 Å². The molecular formula is C21H17BrN4O2S. The third-order valence-corrected chi connectivity index (χ3v) is 6.21. The molecule has 0 saturated heterocycles. The van der Waals surface area contributed by atoms with Crippen LogP contribution in [0.3, 0.4) is 0 Å². The van der Waals surface area contributed by atoms with Crippen molar-refractivity contribution in [2.24, 2.45) is 0 Å². The largest absolute Gasteiger partial charge is 0.337 e. The molecule has 0 fully saturated rings. The Morgan fingerprint density at radius 3 is 2.03 bits per heavy atom. The zero-order valence-corrected chi connectivity index (χ0v) is 17.8. The Bertz CT molecular complexity index is 1290. The number of halogens is 1. The summed E-state index contributed by atoms with van der Waals surface area (Å²) in [5.74, 6) is 0.466. The van der Waals surface area contributed by atoms with Gasteiger partial charge in [-0.3, -0.25) is 4.72 Å². The molecule has 2 N–H and O–H groups in total. The molecular weight excluding hydrogens is 452 g/mol. The summed E-state index contributed by atoms with van der Waals surface area (Å²) in [4.78, 5) is 9.24. The molecule has 0 aliphatic rings. The highest BCUT2D eigenvalue weighted by atomic mass is 79.9. The first-order valence-corrected chi connectivity index (χ1v) is 11.1. The van der Waals surface area contributed by atoms with Crippen LogP contribution in [0.1, 0.15) is 5.56 Å². The topological polar surface area (TPSA) is 84.0 Å². The van der Waals surface area contributed by atoms with E-state index in [9.17, 15) is 8.42 Å². The predicted octanol–water partition coefficient (Wildman–Crippen LogP) is 5.25. The van der Waals surface area contributed by atoms with Crippen molar-refractivity contribution in [1.82, 2.24) is 9.97 Å². The number of para-hydroxylation sites is 3. The summed E-state index contributed by atoms with van der Waals surface area (Å²) in [6.07, 6.45) is 0. The molecule has 29 heavy (non-hydrogen) atoms. The second-order valence-corrected chi connectivity index (χ2v) is 9.01. The highest BCUT2D eigenvalue weighted by molar-refractivity contribution is 9.10. The fraction of sp³-hybridized carbons (Fsp3) is 0.0476. The van der Waals surface area contributed by atoms with Gasteiger partial charge >= 0.3 is 0 Å². The highest BCUT2D eigenvalue weighted by Gasteiger charge is 2.19. The Labute approximate surface area is 177 Å². The van der Waals surface area contributed by atoms with E-state index in [0.29, 0.717) is 16.9 Å². The molecule has 0 aliphatic carbocycles. The zero-order valence-electron chi connectivity index (χ0n) is 15.4. The highest BCUT2D eigenvalue weighted by Crippen LogP contribution is 2.28. The summed E-state index contributed by atoms with van der Waals surface area (Å²) < 4.78 is 29.2. The summed E-state index contributed by atoms with van der Waals surface area (Å²) in [5.41, 5.74) is 3.08. The molecule has 0 aliphatic heterocycles. The summed E-state index contributed by atoms with van der Waals surface area (Å²) in [5, 5.41) is 3.21. The molecule has 1 aromatic heterocycles. The molecule has 3 aromatic carbocycles. The maximum Gasteiger partial charge on any atom is 0.263 e. The van der Waals surface area contributed by atoms with Gasteiger partial charge in [-0.05, 0) is 55.0 Å². The van der Waals surface area contributed by atoms with E-state index in [1.54, 1.807) is 18.2 Å². The average Bonchev–Trinajstić information content (AvgIpc) is 2.70. The lowest BCUT2D eigenvalue weighted by molar-refractivity contribution is 0.601. The first-order valence-electron chi connectivity index (χ1n) is 8.80. The number of rotatable bonds is 5.